The molecule has 0 aliphatic heterocycles. The summed E-state index contributed by atoms with van der Waals surface area (Å²) in [6.07, 6.45) is 0. The summed E-state index contributed by atoms with van der Waals surface area (Å²) < 4.78 is 0. The Bertz CT molecular complexity index is 549. The maximum Gasteiger partial charge on any atom is 0.0839 e. The van der Waals surface area contributed by atoms with Gasteiger partial charge in [-0.3, -0.25) is 0 Å². The van der Waals surface area contributed by atoms with Crippen LogP contribution in [0.1, 0.15) is 5.56 Å². The molecule has 0 atom stereocenters. The molecule has 0 aliphatic rings. The minimum atomic E-state index is 0.361. The van der Waals surface area contributed by atoms with Crippen LogP contribution in [0.2, 0.25) is 0 Å². The lowest BCUT2D eigenvalue weighted by Crippen LogP contribution is -1.84. The van der Waals surface area contributed by atoms with Gasteiger partial charge >= 0.3 is 0 Å². The Kier molecular flexibility index (Phi) is 2.80. The summed E-state index contributed by atoms with van der Waals surface area (Å²) >= 11 is 5.50. The normalized spacial score (nSPS) is 9.67. The Balaban J connectivity index is 2.52. The van der Waals surface area contributed by atoms with Gasteiger partial charge in [0.15, 0.2) is 0 Å². The van der Waals surface area contributed by atoms with Crippen LogP contribution in [0, 0.1) is 11.8 Å². The van der Waals surface area contributed by atoms with Crippen LogP contribution < -0.4 is 5.73 Å². The van der Waals surface area contributed by atoms with Crippen LogP contribution in [0.4, 0.5) is 5.69 Å². The Morgan fingerprint density at radius 3 is 2.60 bits per heavy atom. The Morgan fingerprint density at radius 1 is 1.07 bits per heavy atom. The molecule has 0 radical (unpaired) electrons. The highest BCUT2D eigenvalue weighted by Gasteiger charge is 1.94. The van der Waals surface area contributed by atoms with Gasteiger partial charge in [-0.2, -0.15) is 0 Å². The number of alkyl halides is 1. The van der Waals surface area contributed by atoms with Crippen molar-refractivity contribution in [3.8, 4) is 11.8 Å². The van der Waals surface area contributed by atoms with Gasteiger partial charge in [-0.1, -0.05) is 24.0 Å². The third-order valence-corrected chi connectivity index (χ3v) is 2.30. The highest BCUT2D eigenvalue weighted by molar-refractivity contribution is 6.19. The van der Waals surface area contributed by atoms with Crippen molar-refractivity contribution in [2.75, 3.05) is 11.6 Å². The van der Waals surface area contributed by atoms with E-state index in [4.69, 9.17) is 17.3 Å². The predicted octanol–water partition coefficient (Wildman–Crippen LogP) is 3.01. The van der Waals surface area contributed by atoms with Gasteiger partial charge < -0.3 is 5.73 Å². The smallest absolute Gasteiger partial charge is 0.0839 e. The van der Waals surface area contributed by atoms with Gasteiger partial charge in [-0.15, -0.1) is 11.6 Å². The molecule has 2 rings (SSSR count). The fourth-order valence-electron chi connectivity index (χ4n) is 1.48. The molecule has 0 bridgehead atoms. The van der Waals surface area contributed by atoms with Crippen LogP contribution >= 0.6 is 11.6 Å². The first-order chi connectivity index (χ1) is 7.29. The topological polar surface area (TPSA) is 26.0 Å². The van der Waals surface area contributed by atoms with E-state index in [-0.39, 0.29) is 0 Å². The van der Waals surface area contributed by atoms with Crippen molar-refractivity contribution >= 4 is 28.1 Å². The van der Waals surface area contributed by atoms with Crippen LogP contribution in [0.25, 0.3) is 10.8 Å². The number of nitrogens with two attached hydrogens (primary N) is 1. The van der Waals surface area contributed by atoms with Crippen molar-refractivity contribution in [1.82, 2.24) is 0 Å². The van der Waals surface area contributed by atoms with E-state index in [1.807, 2.05) is 36.4 Å². The summed E-state index contributed by atoms with van der Waals surface area (Å²) in [5, 5.41) is 2.27. The van der Waals surface area contributed by atoms with Gasteiger partial charge in [0, 0.05) is 11.3 Å². The van der Waals surface area contributed by atoms with Crippen LogP contribution in [0.3, 0.4) is 0 Å². The fourth-order valence-corrected chi connectivity index (χ4v) is 1.54. The first kappa shape index (κ1) is 9.89. The summed E-state index contributed by atoms with van der Waals surface area (Å²) in [6.45, 7) is 0. The van der Waals surface area contributed by atoms with Gasteiger partial charge in [0.2, 0.25) is 0 Å². The zero-order chi connectivity index (χ0) is 10.7. The molecule has 0 unspecified atom stereocenters. The second-order valence-electron chi connectivity index (χ2n) is 3.26. The van der Waals surface area contributed by atoms with Crippen molar-refractivity contribution in [1.29, 1.82) is 0 Å². The SMILES string of the molecule is Nc1ccc2cc(C#CCCl)ccc2c1. The number of rotatable bonds is 0. The van der Waals surface area contributed by atoms with Crippen molar-refractivity contribution in [3.63, 3.8) is 0 Å². The van der Waals surface area contributed by atoms with Crippen molar-refractivity contribution in [2.45, 2.75) is 0 Å². The summed E-state index contributed by atoms with van der Waals surface area (Å²) in [5.41, 5.74) is 7.46. The third-order valence-electron chi connectivity index (χ3n) is 2.16. The van der Waals surface area contributed by atoms with Gasteiger partial charge in [-0.25, -0.2) is 0 Å². The summed E-state index contributed by atoms with van der Waals surface area (Å²) in [7, 11) is 0. The predicted molar refractivity (Wildman–Crippen MR) is 66.0 cm³/mol. The molecule has 2 heteroatoms. The van der Waals surface area contributed by atoms with Crippen molar-refractivity contribution in [3.05, 3.63) is 42.0 Å². The van der Waals surface area contributed by atoms with Crippen LogP contribution in [-0.2, 0) is 0 Å². The number of anilines is 1. The van der Waals surface area contributed by atoms with Gasteiger partial charge in [-0.05, 0) is 35.0 Å². The number of halogens is 1. The number of nitrogen functional groups attached to an aromatic ring is 1. The average molecular weight is 216 g/mol. The minimum Gasteiger partial charge on any atom is -0.399 e. The van der Waals surface area contributed by atoms with Crippen molar-refractivity contribution in [2.24, 2.45) is 0 Å². The lowest BCUT2D eigenvalue weighted by Gasteiger charge is -1.99. The number of hydrogen-bond acceptors (Lipinski definition) is 1. The molecule has 0 saturated carbocycles. The van der Waals surface area contributed by atoms with Crippen LogP contribution in [0.15, 0.2) is 36.4 Å². The number of benzene rings is 2. The highest BCUT2D eigenvalue weighted by Crippen LogP contribution is 2.18. The zero-order valence-corrected chi connectivity index (χ0v) is 8.88. The second kappa shape index (κ2) is 4.25. The molecular formula is C13H10ClN. The van der Waals surface area contributed by atoms with E-state index in [0.717, 1.165) is 22.0 Å². The maximum atomic E-state index is 5.70. The molecule has 0 aromatic heterocycles. The molecule has 74 valence electrons. The largest absolute Gasteiger partial charge is 0.399 e. The molecule has 2 aromatic carbocycles. The molecule has 0 fully saturated rings. The molecule has 0 aliphatic carbocycles. The van der Waals surface area contributed by atoms with Gasteiger partial charge in [0.25, 0.3) is 0 Å². The van der Waals surface area contributed by atoms with E-state index >= 15 is 0 Å². The molecule has 0 spiro atoms. The van der Waals surface area contributed by atoms with E-state index in [2.05, 4.69) is 11.8 Å². The Morgan fingerprint density at radius 2 is 1.80 bits per heavy atom. The first-order valence-electron chi connectivity index (χ1n) is 4.64. The molecule has 2 aromatic rings. The van der Waals surface area contributed by atoms with Gasteiger partial charge in [0.1, 0.15) is 0 Å². The lowest BCUT2D eigenvalue weighted by atomic mass is 10.1. The van der Waals surface area contributed by atoms with E-state index < -0.39 is 0 Å². The number of hydrogen-bond donors (Lipinski definition) is 1. The number of fused-ring (bicyclic) bond motifs is 1. The average Bonchev–Trinajstić information content (AvgIpc) is 2.26. The maximum absolute atomic E-state index is 5.70. The summed E-state index contributed by atoms with van der Waals surface area (Å²) in [4.78, 5) is 0. The molecule has 1 nitrogen and oxygen atoms in total. The second-order valence-corrected chi connectivity index (χ2v) is 3.52. The molecule has 15 heavy (non-hydrogen) atoms. The standard InChI is InChI=1S/C13H10ClN/c14-7-1-2-10-3-4-12-9-13(15)6-5-11(12)8-10/h3-6,8-9H,7,15H2. The third kappa shape index (κ3) is 2.23. The summed E-state index contributed by atoms with van der Waals surface area (Å²) in [5.74, 6) is 6.18. The van der Waals surface area contributed by atoms with E-state index in [0.29, 0.717) is 5.88 Å². The summed E-state index contributed by atoms with van der Waals surface area (Å²) in [6, 6.07) is 11.9. The molecular weight excluding hydrogens is 206 g/mol. The first-order valence-corrected chi connectivity index (χ1v) is 5.17. The monoisotopic (exact) mass is 215 g/mol. The van der Waals surface area contributed by atoms with Crippen LogP contribution in [-0.4, -0.2) is 5.88 Å². The molecule has 0 saturated heterocycles. The lowest BCUT2D eigenvalue weighted by molar-refractivity contribution is 1.68. The van der Waals surface area contributed by atoms with E-state index in [1.54, 1.807) is 0 Å². The quantitative estimate of drug-likeness (QED) is 0.408. The Hall–Kier alpha value is -1.65. The van der Waals surface area contributed by atoms with Gasteiger partial charge in [0.05, 0.1) is 5.88 Å². The minimum absolute atomic E-state index is 0.361. The van der Waals surface area contributed by atoms with E-state index in [1.165, 1.54) is 0 Å². The van der Waals surface area contributed by atoms with Crippen LogP contribution in [0.5, 0.6) is 0 Å². The molecule has 0 amide bonds. The zero-order valence-electron chi connectivity index (χ0n) is 8.13. The highest BCUT2D eigenvalue weighted by atomic mass is 35.5. The fraction of sp³-hybridized carbons (Fsp3) is 0.0769. The van der Waals surface area contributed by atoms with E-state index in [9.17, 15) is 0 Å². The van der Waals surface area contributed by atoms with Crippen molar-refractivity contribution < 1.29 is 0 Å². The molecule has 0 heterocycles. The Labute approximate surface area is 93.9 Å². The molecule has 2 N–H and O–H groups in total.